The predicted molar refractivity (Wildman–Crippen MR) is 99.8 cm³/mol. The molecule has 3 spiro atoms. The maximum absolute atomic E-state index is 13.0. The van der Waals surface area contributed by atoms with Crippen LogP contribution in [-0.4, -0.2) is 49.3 Å². The summed E-state index contributed by atoms with van der Waals surface area (Å²) in [6, 6.07) is 9.56. The molecule has 6 atom stereocenters. The molecular formula is C22H29N2O2+. The molecule has 1 unspecified atom stereocenters. The van der Waals surface area contributed by atoms with Crippen LogP contribution in [0.1, 0.15) is 44.1 Å². The molecule has 0 amide bonds. The van der Waals surface area contributed by atoms with Crippen LogP contribution in [0, 0.1) is 11.3 Å². The minimum absolute atomic E-state index is 0.00822. The number of methoxy groups -OCH3 is 1. The second kappa shape index (κ2) is 4.46. The van der Waals surface area contributed by atoms with E-state index in [0.717, 1.165) is 12.8 Å². The van der Waals surface area contributed by atoms with Gasteiger partial charge >= 0.3 is 5.97 Å². The third-order valence-corrected chi connectivity index (χ3v) is 9.30. The van der Waals surface area contributed by atoms with Crippen molar-refractivity contribution in [2.45, 2.75) is 55.5 Å². The first-order chi connectivity index (χ1) is 12.5. The van der Waals surface area contributed by atoms with Crippen LogP contribution in [0.25, 0.3) is 0 Å². The predicted octanol–water partition coefficient (Wildman–Crippen LogP) is 3.07. The number of carbonyl (C=O) groups is 1. The normalized spacial score (nSPS) is 49.8. The summed E-state index contributed by atoms with van der Waals surface area (Å²) in [7, 11) is 4.07. The van der Waals surface area contributed by atoms with Gasteiger partial charge < -0.3 is 14.5 Å². The van der Waals surface area contributed by atoms with Gasteiger partial charge in [0.1, 0.15) is 6.04 Å². The minimum Gasteiger partial charge on any atom is -0.469 e. The Hall–Kier alpha value is -1.55. The number of benzene rings is 1. The van der Waals surface area contributed by atoms with Crippen molar-refractivity contribution in [3.63, 3.8) is 0 Å². The Bertz CT molecular complexity index is 824. The highest BCUT2D eigenvalue weighted by atomic mass is 16.5. The summed E-state index contributed by atoms with van der Waals surface area (Å²) in [5.41, 5.74) is 3.02. The van der Waals surface area contributed by atoms with Crippen molar-refractivity contribution in [3.8, 4) is 0 Å². The van der Waals surface area contributed by atoms with Crippen molar-refractivity contribution in [2.75, 3.05) is 32.6 Å². The van der Waals surface area contributed by atoms with Crippen molar-refractivity contribution in [1.29, 1.82) is 0 Å². The Kier molecular flexibility index (Phi) is 2.66. The molecule has 6 aliphatic rings. The second-order valence-corrected chi connectivity index (χ2v) is 9.94. The fraction of sp³-hybridized carbons (Fsp3) is 0.682. The molecular weight excluding hydrogens is 324 g/mol. The fourth-order valence-electron chi connectivity index (χ4n) is 8.79. The van der Waals surface area contributed by atoms with Gasteiger partial charge in [0, 0.05) is 17.5 Å². The summed E-state index contributed by atoms with van der Waals surface area (Å²) >= 11 is 0. The van der Waals surface area contributed by atoms with Gasteiger partial charge in [-0.2, -0.15) is 0 Å². The number of carbonyl (C=O) groups excluding carboxylic acids is 1. The number of rotatable bonds is 1. The zero-order chi connectivity index (χ0) is 17.8. The number of esters is 1. The molecule has 1 N–H and O–H groups in total. The highest BCUT2D eigenvalue weighted by molar-refractivity contribution is 5.80. The summed E-state index contributed by atoms with van der Waals surface area (Å²) in [4.78, 5) is 13.0. The summed E-state index contributed by atoms with van der Waals surface area (Å²) in [5.74, 6) is -0.0107. The zero-order valence-electron chi connectivity index (χ0n) is 15.9. The van der Waals surface area contributed by atoms with E-state index in [1.165, 1.54) is 54.5 Å². The summed E-state index contributed by atoms with van der Waals surface area (Å²) in [6.07, 6.45) is 7.19. The molecule has 3 aliphatic heterocycles. The Balaban J connectivity index is 1.67. The summed E-state index contributed by atoms with van der Waals surface area (Å²) in [6.45, 7) is 2.55. The van der Waals surface area contributed by atoms with Crippen LogP contribution in [0.2, 0.25) is 0 Å². The topological polar surface area (TPSA) is 38.3 Å². The molecule has 0 aromatic heterocycles. The summed E-state index contributed by atoms with van der Waals surface area (Å²) in [5, 5.41) is 3.96. The lowest BCUT2D eigenvalue weighted by atomic mass is 9.38. The van der Waals surface area contributed by atoms with E-state index in [1.54, 1.807) is 7.11 Å². The lowest BCUT2D eigenvalue weighted by molar-refractivity contribution is -0.939. The maximum atomic E-state index is 13.0. The molecule has 0 radical (unpaired) electrons. The number of anilines is 1. The molecule has 1 aromatic rings. The maximum Gasteiger partial charge on any atom is 0.311 e. The number of hydrogen-bond acceptors (Lipinski definition) is 3. The van der Waals surface area contributed by atoms with E-state index in [-0.39, 0.29) is 22.8 Å². The molecule has 3 aliphatic carbocycles. The molecule has 3 heterocycles. The molecule has 2 bridgehead atoms. The smallest absolute Gasteiger partial charge is 0.311 e. The van der Waals surface area contributed by atoms with Gasteiger partial charge in [0.15, 0.2) is 0 Å². The highest BCUT2D eigenvalue weighted by Crippen LogP contribution is 2.75. The van der Waals surface area contributed by atoms with E-state index in [9.17, 15) is 4.79 Å². The molecule has 4 nitrogen and oxygen atoms in total. The van der Waals surface area contributed by atoms with E-state index in [2.05, 4.69) is 36.6 Å². The number of piperidine rings is 1. The number of hydrogen-bond donors (Lipinski definition) is 1. The van der Waals surface area contributed by atoms with Crippen molar-refractivity contribution in [1.82, 2.24) is 0 Å². The van der Waals surface area contributed by atoms with Crippen LogP contribution in [0.4, 0.5) is 5.69 Å². The molecule has 1 aromatic carbocycles. The lowest BCUT2D eigenvalue weighted by Crippen LogP contribution is -2.79. The zero-order valence-corrected chi connectivity index (χ0v) is 15.9. The van der Waals surface area contributed by atoms with Crippen molar-refractivity contribution < 1.29 is 14.0 Å². The molecule has 3 saturated carbocycles. The molecule has 26 heavy (non-hydrogen) atoms. The molecule has 5 fully saturated rings. The number of likely N-dealkylation sites (N-methyl/N-ethyl adjacent to an activating group) is 1. The number of para-hydroxylation sites is 1. The van der Waals surface area contributed by atoms with Crippen molar-refractivity contribution in [2.24, 2.45) is 11.3 Å². The Morgan fingerprint density at radius 2 is 2.04 bits per heavy atom. The largest absolute Gasteiger partial charge is 0.469 e. The van der Waals surface area contributed by atoms with Crippen LogP contribution < -0.4 is 5.32 Å². The van der Waals surface area contributed by atoms with E-state index < -0.39 is 0 Å². The van der Waals surface area contributed by atoms with Gasteiger partial charge in [0.25, 0.3) is 0 Å². The fourth-order valence-corrected chi connectivity index (χ4v) is 8.79. The lowest BCUT2D eigenvalue weighted by Gasteiger charge is -2.68. The summed E-state index contributed by atoms with van der Waals surface area (Å²) < 4.78 is 6.58. The Labute approximate surface area is 155 Å². The van der Waals surface area contributed by atoms with Gasteiger partial charge in [-0.15, -0.1) is 0 Å². The van der Waals surface area contributed by atoms with Crippen LogP contribution in [0.5, 0.6) is 0 Å². The van der Waals surface area contributed by atoms with Crippen molar-refractivity contribution in [3.05, 3.63) is 29.8 Å². The average molecular weight is 353 g/mol. The molecule has 2 saturated heterocycles. The van der Waals surface area contributed by atoms with Crippen molar-refractivity contribution >= 4 is 11.7 Å². The number of fused-ring (bicyclic) bond motifs is 3. The first kappa shape index (κ1) is 15.5. The van der Waals surface area contributed by atoms with Crippen LogP contribution in [0.15, 0.2) is 24.3 Å². The standard InChI is InChI=1S/C22H29N2O2/c1-24-12-5-8-20-9-10-22(16(14-20)18(25)26-2)21(11-13-24,19(20)24)15-6-3-4-7-17(15)23-22/h3-4,6-7,16,19,23H,5,8-14H2,1-2H3/q+1/t16-,19-,20-,21+,22-,24?/m0/s1. The van der Waals surface area contributed by atoms with Gasteiger partial charge in [0.05, 0.1) is 44.1 Å². The highest BCUT2D eigenvalue weighted by Gasteiger charge is 2.83. The van der Waals surface area contributed by atoms with Crippen LogP contribution in [0.3, 0.4) is 0 Å². The first-order valence-corrected chi connectivity index (χ1v) is 10.3. The first-order valence-electron chi connectivity index (χ1n) is 10.3. The average Bonchev–Trinajstić information content (AvgIpc) is 3.15. The van der Waals surface area contributed by atoms with E-state index in [4.69, 9.17) is 4.74 Å². The molecule has 4 heteroatoms. The number of quaternary nitrogens is 1. The Morgan fingerprint density at radius 1 is 1.19 bits per heavy atom. The Morgan fingerprint density at radius 3 is 2.88 bits per heavy atom. The number of nitrogens with one attached hydrogen (secondary N) is 1. The number of ether oxygens (including phenoxy) is 1. The molecule has 138 valence electrons. The third-order valence-electron chi connectivity index (χ3n) is 9.30. The van der Waals surface area contributed by atoms with E-state index in [0.29, 0.717) is 11.5 Å². The van der Waals surface area contributed by atoms with Crippen LogP contribution in [-0.2, 0) is 14.9 Å². The molecule has 7 rings (SSSR count). The van der Waals surface area contributed by atoms with Gasteiger partial charge in [0.2, 0.25) is 0 Å². The quantitative estimate of drug-likeness (QED) is 0.623. The third kappa shape index (κ3) is 1.38. The van der Waals surface area contributed by atoms with Gasteiger partial charge in [-0.3, -0.25) is 4.79 Å². The van der Waals surface area contributed by atoms with E-state index >= 15 is 0 Å². The van der Waals surface area contributed by atoms with E-state index in [1.807, 2.05) is 0 Å². The van der Waals surface area contributed by atoms with Gasteiger partial charge in [-0.25, -0.2) is 0 Å². The monoisotopic (exact) mass is 353 g/mol. The number of nitrogens with zero attached hydrogens (tertiary/aromatic N) is 1. The second-order valence-electron chi connectivity index (χ2n) is 9.94. The van der Waals surface area contributed by atoms with Crippen LogP contribution >= 0.6 is 0 Å². The van der Waals surface area contributed by atoms with Gasteiger partial charge in [-0.05, 0) is 43.7 Å². The minimum atomic E-state index is -0.149. The SMILES string of the molecule is COC(=O)[C@@H]1C[C@]23CCC[N+]4(C)CC[C@@]5(c6ccccc6N[C@@]15CC2)[C@H]34. The van der Waals surface area contributed by atoms with Gasteiger partial charge in [-0.1, -0.05) is 18.2 Å².